The lowest BCUT2D eigenvalue weighted by molar-refractivity contribution is -0.123. The Hall–Kier alpha value is -0.610. The highest BCUT2D eigenvalue weighted by Gasteiger charge is 2.26. The van der Waals surface area contributed by atoms with Gasteiger partial charge in [-0.05, 0) is 33.6 Å². The van der Waals surface area contributed by atoms with E-state index in [1.54, 1.807) is 7.11 Å². The number of nitrogens with one attached hydrogen (secondary N) is 2. The number of ether oxygens (including phenoxy) is 1. The summed E-state index contributed by atoms with van der Waals surface area (Å²) >= 11 is 0. The van der Waals surface area contributed by atoms with E-state index >= 15 is 0 Å². The molecule has 1 aliphatic rings. The molecule has 4 heteroatoms. The minimum Gasteiger partial charge on any atom is -0.377 e. The molecule has 1 unspecified atom stereocenters. The number of rotatable bonds is 6. The van der Waals surface area contributed by atoms with Crippen molar-refractivity contribution >= 4 is 5.91 Å². The molecule has 0 saturated heterocycles. The summed E-state index contributed by atoms with van der Waals surface area (Å²) in [6.45, 7) is 6.53. The topological polar surface area (TPSA) is 50.4 Å². The maximum Gasteiger partial charge on any atom is 0.237 e. The van der Waals surface area contributed by atoms with Crippen LogP contribution in [0.2, 0.25) is 0 Å². The lowest BCUT2D eigenvalue weighted by Gasteiger charge is -2.25. The van der Waals surface area contributed by atoms with Crippen LogP contribution in [0.3, 0.4) is 0 Å². The Bertz CT molecular complexity index is 225. The SMILES string of the molecule is COC(C)(C)CNC(C)C(=O)NC1CC1. The van der Waals surface area contributed by atoms with E-state index in [-0.39, 0.29) is 17.6 Å². The third-order valence-corrected chi connectivity index (χ3v) is 2.70. The normalized spacial score (nSPS) is 18.7. The molecule has 0 radical (unpaired) electrons. The zero-order valence-electron chi connectivity index (χ0n) is 10.1. The summed E-state index contributed by atoms with van der Waals surface area (Å²) in [4.78, 5) is 11.6. The molecule has 1 saturated carbocycles. The van der Waals surface area contributed by atoms with Gasteiger partial charge >= 0.3 is 0 Å². The molecule has 1 amide bonds. The van der Waals surface area contributed by atoms with Gasteiger partial charge in [-0.1, -0.05) is 0 Å². The fourth-order valence-electron chi connectivity index (χ4n) is 1.12. The van der Waals surface area contributed by atoms with Crippen molar-refractivity contribution in [1.29, 1.82) is 0 Å². The second kappa shape index (κ2) is 4.94. The molecule has 0 spiro atoms. The Morgan fingerprint density at radius 3 is 2.60 bits per heavy atom. The molecule has 1 aliphatic carbocycles. The zero-order chi connectivity index (χ0) is 11.5. The molecule has 0 heterocycles. The van der Waals surface area contributed by atoms with Gasteiger partial charge in [-0.15, -0.1) is 0 Å². The fourth-order valence-corrected chi connectivity index (χ4v) is 1.12. The zero-order valence-corrected chi connectivity index (χ0v) is 10.1. The first-order valence-corrected chi connectivity index (χ1v) is 5.53. The molecule has 0 bridgehead atoms. The molecule has 2 N–H and O–H groups in total. The van der Waals surface area contributed by atoms with Crippen molar-refractivity contribution in [2.45, 2.75) is 51.3 Å². The molecule has 1 rings (SSSR count). The standard InChI is InChI=1S/C11H22N2O2/c1-8(10(14)13-9-5-6-9)12-7-11(2,3)15-4/h8-9,12H,5-7H2,1-4H3,(H,13,14). The highest BCUT2D eigenvalue weighted by atomic mass is 16.5. The number of amides is 1. The molecule has 88 valence electrons. The van der Waals surface area contributed by atoms with E-state index in [0.717, 1.165) is 12.8 Å². The minimum absolute atomic E-state index is 0.0874. The van der Waals surface area contributed by atoms with Gasteiger partial charge in [-0.3, -0.25) is 4.79 Å². The summed E-state index contributed by atoms with van der Waals surface area (Å²) in [5.41, 5.74) is -0.228. The van der Waals surface area contributed by atoms with Crippen molar-refractivity contribution in [2.24, 2.45) is 0 Å². The van der Waals surface area contributed by atoms with E-state index < -0.39 is 0 Å². The monoisotopic (exact) mass is 214 g/mol. The maximum absolute atomic E-state index is 11.6. The third kappa shape index (κ3) is 4.62. The molecular weight excluding hydrogens is 192 g/mol. The van der Waals surface area contributed by atoms with Crippen LogP contribution in [0.1, 0.15) is 33.6 Å². The van der Waals surface area contributed by atoms with Gasteiger partial charge in [0.15, 0.2) is 0 Å². The Kier molecular flexibility index (Phi) is 4.11. The highest BCUT2D eigenvalue weighted by molar-refractivity contribution is 5.81. The van der Waals surface area contributed by atoms with E-state index in [4.69, 9.17) is 4.74 Å². The number of hydrogen-bond donors (Lipinski definition) is 2. The van der Waals surface area contributed by atoms with Crippen molar-refractivity contribution in [3.05, 3.63) is 0 Å². The Morgan fingerprint density at radius 1 is 1.53 bits per heavy atom. The maximum atomic E-state index is 11.6. The van der Waals surface area contributed by atoms with Gasteiger partial charge in [0, 0.05) is 19.7 Å². The first kappa shape index (κ1) is 12.5. The first-order valence-electron chi connectivity index (χ1n) is 5.53. The largest absolute Gasteiger partial charge is 0.377 e. The highest BCUT2D eigenvalue weighted by Crippen LogP contribution is 2.18. The van der Waals surface area contributed by atoms with Gasteiger partial charge in [0.25, 0.3) is 0 Å². The predicted octanol–water partition coefficient (Wildman–Crippen LogP) is 0.668. The van der Waals surface area contributed by atoms with Gasteiger partial charge in [-0.25, -0.2) is 0 Å². The van der Waals surface area contributed by atoms with Crippen molar-refractivity contribution in [3.63, 3.8) is 0 Å². The van der Waals surface area contributed by atoms with Gasteiger partial charge in [0.05, 0.1) is 11.6 Å². The molecule has 4 nitrogen and oxygen atoms in total. The van der Waals surface area contributed by atoms with E-state index in [1.807, 2.05) is 20.8 Å². The van der Waals surface area contributed by atoms with Crippen molar-refractivity contribution in [1.82, 2.24) is 10.6 Å². The molecule has 0 aromatic carbocycles. The molecule has 0 aromatic rings. The van der Waals surface area contributed by atoms with Gasteiger partial charge in [-0.2, -0.15) is 0 Å². The lowest BCUT2D eigenvalue weighted by Crippen LogP contribution is -2.48. The molecule has 1 fully saturated rings. The van der Waals surface area contributed by atoms with Crippen LogP contribution in [0, 0.1) is 0 Å². The molecule has 1 atom stereocenters. The number of carbonyl (C=O) groups excluding carboxylic acids is 1. The Morgan fingerprint density at radius 2 is 2.13 bits per heavy atom. The molecule has 0 aromatic heterocycles. The quantitative estimate of drug-likeness (QED) is 0.683. The van der Waals surface area contributed by atoms with Crippen LogP contribution in [0.25, 0.3) is 0 Å². The van der Waals surface area contributed by atoms with E-state index in [9.17, 15) is 4.79 Å². The average Bonchev–Trinajstić information content (AvgIpc) is 2.98. The molecular formula is C11H22N2O2. The van der Waals surface area contributed by atoms with Crippen LogP contribution in [-0.4, -0.2) is 37.2 Å². The number of hydrogen-bond acceptors (Lipinski definition) is 3. The van der Waals surface area contributed by atoms with Crippen LogP contribution >= 0.6 is 0 Å². The predicted molar refractivity (Wildman–Crippen MR) is 59.7 cm³/mol. The summed E-state index contributed by atoms with van der Waals surface area (Å²) in [5, 5.41) is 6.14. The summed E-state index contributed by atoms with van der Waals surface area (Å²) in [5.74, 6) is 0.0874. The van der Waals surface area contributed by atoms with Crippen LogP contribution in [-0.2, 0) is 9.53 Å². The van der Waals surface area contributed by atoms with Crippen molar-refractivity contribution in [2.75, 3.05) is 13.7 Å². The molecule has 15 heavy (non-hydrogen) atoms. The van der Waals surface area contributed by atoms with Gasteiger partial charge in [0.2, 0.25) is 5.91 Å². The summed E-state index contributed by atoms with van der Waals surface area (Å²) < 4.78 is 5.27. The average molecular weight is 214 g/mol. The van der Waals surface area contributed by atoms with Crippen LogP contribution < -0.4 is 10.6 Å². The van der Waals surface area contributed by atoms with E-state index in [0.29, 0.717) is 12.6 Å². The van der Waals surface area contributed by atoms with E-state index in [2.05, 4.69) is 10.6 Å². The van der Waals surface area contributed by atoms with Crippen molar-refractivity contribution < 1.29 is 9.53 Å². The second-order valence-corrected chi connectivity index (χ2v) is 4.85. The van der Waals surface area contributed by atoms with Crippen LogP contribution in [0.15, 0.2) is 0 Å². The third-order valence-electron chi connectivity index (χ3n) is 2.70. The summed E-state index contributed by atoms with van der Waals surface area (Å²) in [6.07, 6.45) is 2.25. The Labute approximate surface area is 91.8 Å². The van der Waals surface area contributed by atoms with Crippen LogP contribution in [0.4, 0.5) is 0 Å². The fraction of sp³-hybridized carbons (Fsp3) is 0.909. The number of methoxy groups -OCH3 is 1. The smallest absolute Gasteiger partial charge is 0.237 e. The van der Waals surface area contributed by atoms with Gasteiger partial charge in [0.1, 0.15) is 0 Å². The van der Waals surface area contributed by atoms with E-state index in [1.165, 1.54) is 0 Å². The van der Waals surface area contributed by atoms with Gasteiger partial charge < -0.3 is 15.4 Å². The first-order chi connectivity index (χ1) is 6.94. The van der Waals surface area contributed by atoms with Crippen molar-refractivity contribution in [3.8, 4) is 0 Å². The lowest BCUT2D eigenvalue weighted by atomic mass is 10.1. The summed E-state index contributed by atoms with van der Waals surface area (Å²) in [6, 6.07) is 0.275. The minimum atomic E-state index is -0.228. The Balaban J connectivity index is 2.21. The van der Waals surface area contributed by atoms with Crippen LogP contribution in [0.5, 0.6) is 0 Å². The molecule has 0 aliphatic heterocycles. The second-order valence-electron chi connectivity index (χ2n) is 4.85. The number of carbonyl (C=O) groups is 1. The summed E-state index contributed by atoms with van der Waals surface area (Å²) in [7, 11) is 1.68.